The number of thiophene rings is 1. The van der Waals surface area contributed by atoms with Crippen LogP contribution in [0.4, 0.5) is 0 Å². The second-order valence-electron chi connectivity index (χ2n) is 8.69. The first-order valence-electron chi connectivity index (χ1n) is 11.6. The number of unbranched alkanes of at least 4 members (excludes halogenated alkanes) is 3. The number of hydrogen-bond acceptors (Lipinski definition) is 2. The Labute approximate surface area is 185 Å². The fourth-order valence-corrected chi connectivity index (χ4v) is 25.1. The molecule has 2 nitrogen and oxygen atoms in total. The van der Waals surface area contributed by atoms with E-state index in [1.54, 1.807) is 2.89 Å². The summed E-state index contributed by atoms with van der Waals surface area (Å²) in [5.74, 6) is 0.257. The number of rotatable bonds is 12. The van der Waals surface area contributed by atoms with E-state index in [0.29, 0.717) is 0 Å². The molecule has 0 saturated heterocycles. The van der Waals surface area contributed by atoms with Crippen LogP contribution < -0.4 is 2.89 Å². The third kappa shape index (κ3) is 5.46. The molecule has 0 spiro atoms. The number of benzene rings is 1. The zero-order valence-electron chi connectivity index (χ0n) is 18.5. The molecular weight excluding hydrogens is 481 g/mol. The van der Waals surface area contributed by atoms with Gasteiger partial charge in [0, 0.05) is 0 Å². The van der Waals surface area contributed by atoms with Crippen LogP contribution in [-0.4, -0.2) is 29.2 Å². The number of amides is 1. The van der Waals surface area contributed by atoms with E-state index in [1.165, 1.54) is 62.3 Å². The van der Waals surface area contributed by atoms with Gasteiger partial charge in [-0.2, -0.15) is 0 Å². The van der Waals surface area contributed by atoms with E-state index in [-0.39, 0.29) is 5.91 Å². The molecule has 0 unspecified atom stereocenters. The van der Waals surface area contributed by atoms with Crippen molar-refractivity contribution < 1.29 is 4.79 Å². The van der Waals surface area contributed by atoms with Crippen molar-refractivity contribution in [1.82, 2.24) is 4.90 Å². The van der Waals surface area contributed by atoms with Gasteiger partial charge in [-0.25, -0.2) is 0 Å². The van der Waals surface area contributed by atoms with Crippen molar-refractivity contribution in [3.63, 3.8) is 0 Å². The van der Waals surface area contributed by atoms with Crippen LogP contribution in [0, 0.1) is 0 Å². The second-order valence-corrected chi connectivity index (χ2v) is 24.0. The van der Waals surface area contributed by atoms with Gasteiger partial charge in [-0.05, 0) is 0 Å². The zero-order valence-corrected chi connectivity index (χ0v) is 22.2. The standard InChI is InChI=1S/C13H10NOS.3C4H9.Sn/c15-13-11-6-7-16-12(11)9-14(13)8-10-4-2-1-3-5-10;3*1-3-4-2;/h1-6H,8-9H2;3*1,3-4H2,2H3;. The normalized spacial score (nSPS) is 13.9. The maximum atomic E-state index is 13.1. The van der Waals surface area contributed by atoms with Gasteiger partial charge < -0.3 is 0 Å². The average molecular weight is 518 g/mol. The fourth-order valence-electron chi connectivity index (χ4n) is 4.63. The quantitative estimate of drug-likeness (QED) is 0.278. The number of hydrogen-bond donors (Lipinski definition) is 0. The van der Waals surface area contributed by atoms with Gasteiger partial charge in [0.1, 0.15) is 0 Å². The van der Waals surface area contributed by atoms with Crippen LogP contribution in [-0.2, 0) is 13.1 Å². The van der Waals surface area contributed by atoms with Crippen molar-refractivity contribution in [3.05, 3.63) is 52.4 Å². The molecule has 0 radical (unpaired) electrons. The van der Waals surface area contributed by atoms with Gasteiger partial charge >= 0.3 is 186 Å². The van der Waals surface area contributed by atoms with Gasteiger partial charge in [-0.3, -0.25) is 0 Å². The second kappa shape index (κ2) is 11.0. The summed E-state index contributed by atoms with van der Waals surface area (Å²) in [6.45, 7) is 8.53. The van der Waals surface area contributed by atoms with Crippen molar-refractivity contribution in [2.75, 3.05) is 0 Å². The van der Waals surface area contributed by atoms with Crippen LogP contribution in [0.2, 0.25) is 13.3 Å². The third-order valence-electron chi connectivity index (χ3n) is 6.43. The van der Waals surface area contributed by atoms with Gasteiger partial charge in [0.25, 0.3) is 0 Å². The van der Waals surface area contributed by atoms with Gasteiger partial charge in [-0.1, -0.05) is 0 Å². The van der Waals surface area contributed by atoms with Crippen molar-refractivity contribution >= 4 is 38.5 Å². The fraction of sp³-hybridized carbons (Fsp3) is 0.560. The minimum absolute atomic E-state index is 0.257. The summed E-state index contributed by atoms with van der Waals surface area (Å²) in [4.78, 5) is 16.5. The molecule has 0 aliphatic carbocycles. The van der Waals surface area contributed by atoms with Crippen molar-refractivity contribution in [1.29, 1.82) is 0 Å². The summed E-state index contributed by atoms with van der Waals surface area (Å²) >= 11 is -0.390. The first-order valence-corrected chi connectivity index (χ1v) is 19.9. The molecule has 1 aromatic heterocycles. The Morgan fingerprint density at radius 3 is 2.03 bits per heavy atom. The monoisotopic (exact) mass is 519 g/mol. The van der Waals surface area contributed by atoms with E-state index in [9.17, 15) is 4.79 Å². The molecule has 2 aromatic rings. The number of carbonyl (C=O) groups excluding carboxylic acids is 1. The average Bonchev–Trinajstić information content (AvgIpc) is 3.29. The number of nitrogens with zero attached hydrogens (tertiary/aromatic N) is 1. The summed E-state index contributed by atoms with van der Waals surface area (Å²) in [6, 6.07) is 12.8. The Morgan fingerprint density at radius 1 is 0.931 bits per heavy atom. The molecule has 1 aliphatic rings. The summed E-state index contributed by atoms with van der Waals surface area (Å²) in [7, 11) is 0. The number of carbonyl (C=O) groups is 1. The van der Waals surface area contributed by atoms with E-state index < -0.39 is 18.4 Å². The molecule has 158 valence electrons. The minimum atomic E-state index is -2.42. The summed E-state index contributed by atoms with van der Waals surface area (Å²) in [5.41, 5.74) is 2.25. The molecule has 0 saturated carbocycles. The van der Waals surface area contributed by atoms with Crippen LogP contribution >= 0.6 is 11.3 Å². The Balaban J connectivity index is 1.82. The molecule has 0 N–H and O–H groups in total. The molecule has 1 aromatic carbocycles. The van der Waals surface area contributed by atoms with Crippen LogP contribution in [0.25, 0.3) is 0 Å². The third-order valence-corrected chi connectivity index (χ3v) is 25.8. The van der Waals surface area contributed by atoms with Gasteiger partial charge in [0.2, 0.25) is 0 Å². The van der Waals surface area contributed by atoms with Crippen LogP contribution in [0.5, 0.6) is 0 Å². The summed E-state index contributed by atoms with van der Waals surface area (Å²) < 4.78 is 6.14. The molecular formula is C25H37NOSSn. The summed E-state index contributed by atoms with van der Waals surface area (Å²) in [5, 5.41) is 0. The molecule has 3 rings (SSSR count). The van der Waals surface area contributed by atoms with E-state index >= 15 is 0 Å². The molecule has 0 bridgehead atoms. The Bertz CT molecular complexity index is 764. The zero-order chi connectivity index (χ0) is 20.7. The van der Waals surface area contributed by atoms with Crippen molar-refractivity contribution in [2.45, 2.75) is 85.7 Å². The first kappa shape index (κ1) is 22.9. The molecule has 4 heteroatoms. The van der Waals surface area contributed by atoms with E-state index in [0.717, 1.165) is 18.7 Å². The van der Waals surface area contributed by atoms with E-state index in [1.807, 2.05) is 22.3 Å². The van der Waals surface area contributed by atoms with Gasteiger partial charge in [0.05, 0.1) is 0 Å². The molecule has 29 heavy (non-hydrogen) atoms. The van der Waals surface area contributed by atoms with Crippen molar-refractivity contribution in [3.8, 4) is 0 Å². The predicted octanol–water partition coefficient (Wildman–Crippen LogP) is 6.96. The maximum absolute atomic E-state index is 13.1. The van der Waals surface area contributed by atoms with Crippen LogP contribution in [0.3, 0.4) is 0 Å². The molecule has 1 amide bonds. The Kier molecular flexibility index (Phi) is 8.67. The van der Waals surface area contributed by atoms with Gasteiger partial charge in [0.15, 0.2) is 0 Å². The topological polar surface area (TPSA) is 20.3 Å². The Morgan fingerprint density at radius 2 is 1.52 bits per heavy atom. The molecule has 0 fully saturated rings. The molecule has 0 atom stereocenters. The van der Waals surface area contributed by atoms with Crippen LogP contribution in [0.1, 0.15) is 80.1 Å². The first-order chi connectivity index (χ1) is 14.1. The Hall–Kier alpha value is -0.811. The number of fused-ring (bicyclic) bond motifs is 1. The van der Waals surface area contributed by atoms with Gasteiger partial charge in [-0.15, -0.1) is 0 Å². The molecule has 2 heterocycles. The van der Waals surface area contributed by atoms with E-state index in [2.05, 4.69) is 51.1 Å². The van der Waals surface area contributed by atoms with Crippen molar-refractivity contribution in [2.24, 2.45) is 0 Å². The molecule has 1 aliphatic heterocycles. The predicted molar refractivity (Wildman–Crippen MR) is 129 cm³/mol. The van der Waals surface area contributed by atoms with Crippen LogP contribution in [0.15, 0.2) is 36.4 Å². The SMILES string of the molecule is CCC[CH2][Sn]([CH2]CCC)([CH2]CCC)[c]1cc2c(s1)CN(Cc1ccccc1)C2=O. The van der Waals surface area contributed by atoms with E-state index in [4.69, 9.17) is 0 Å². The summed E-state index contributed by atoms with van der Waals surface area (Å²) in [6.07, 6.45) is 8.02.